The molecule has 73 heavy (non-hydrogen) atoms. The molecular weight excluding hydrogens is 887 g/mol. The Labute approximate surface area is 426 Å². The van der Waals surface area contributed by atoms with Crippen molar-refractivity contribution in [2.24, 2.45) is 0 Å². The molecule has 0 saturated carbocycles. The molecule has 0 spiro atoms. The summed E-state index contributed by atoms with van der Waals surface area (Å²) >= 11 is 0. The van der Waals surface area contributed by atoms with Crippen molar-refractivity contribution >= 4 is 33.9 Å². The summed E-state index contributed by atoms with van der Waals surface area (Å²) in [6.45, 7) is 2.26. The molecule has 11 aromatic rings. The highest BCUT2D eigenvalue weighted by molar-refractivity contribution is 6.04. The van der Waals surface area contributed by atoms with Crippen molar-refractivity contribution in [1.82, 2.24) is 15.0 Å². The summed E-state index contributed by atoms with van der Waals surface area (Å²) < 4.78 is 0. The number of nitrogens with zero attached hydrogens (tertiary/aromatic N) is 4. The summed E-state index contributed by atoms with van der Waals surface area (Å²) in [5.41, 5.74) is 20.9. The second-order valence-electron chi connectivity index (χ2n) is 19.0. The van der Waals surface area contributed by atoms with Crippen molar-refractivity contribution in [3.63, 3.8) is 0 Å². The van der Waals surface area contributed by atoms with Gasteiger partial charge < -0.3 is 10.2 Å². The molecule has 1 aromatic heterocycles. The van der Waals surface area contributed by atoms with Gasteiger partial charge in [0.05, 0.1) is 11.4 Å². The Morgan fingerprint density at radius 1 is 0.425 bits per heavy atom. The maximum atomic E-state index is 5.29. The summed E-state index contributed by atoms with van der Waals surface area (Å²) in [5.74, 6) is 1.89. The zero-order valence-electron chi connectivity index (χ0n) is 40.6. The highest BCUT2D eigenvalue weighted by Gasteiger charge is 2.30. The van der Waals surface area contributed by atoms with Crippen LogP contribution in [0.25, 0.3) is 107 Å². The molecule has 2 heterocycles. The van der Waals surface area contributed by atoms with Gasteiger partial charge in [0.25, 0.3) is 0 Å². The van der Waals surface area contributed by atoms with Crippen molar-refractivity contribution in [2.75, 3.05) is 10.2 Å². The lowest BCUT2D eigenvalue weighted by Crippen LogP contribution is -2.30. The van der Waals surface area contributed by atoms with Gasteiger partial charge >= 0.3 is 0 Å². The van der Waals surface area contributed by atoms with Crippen LogP contribution in [0.15, 0.2) is 237 Å². The van der Waals surface area contributed by atoms with Crippen molar-refractivity contribution in [1.29, 1.82) is 0 Å². The van der Waals surface area contributed by atoms with Gasteiger partial charge in [-0.1, -0.05) is 213 Å². The summed E-state index contributed by atoms with van der Waals surface area (Å²) in [5, 5.41) is 6.12. The summed E-state index contributed by atoms with van der Waals surface area (Å²) in [7, 11) is 0. The SMILES string of the molecule is CCC1Nc2cc(-c3cccc4c3CCC=C4)ccc2N1c1cccc(-c2cccc(-c3ccc(-c4ccccc4-c4nc(-c5ccccc5)nc(-c5ccc(-c6ccccc6)c6ccccc56)n4)cc3)c2)c1. The van der Waals surface area contributed by atoms with E-state index < -0.39 is 0 Å². The van der Waals surface area contributed by atoms with E-state index in [-0.39, 0.29) is 6.17 Å². The lowest BCUT2D eigenvalue weighted by Gasteiger charge is -2.26. The quantitative estimate of drug-likeness (QED) is 0.148. The fourth-order valence-corrected chi connectivity index (χ4v) is 11.0. The number of hydrogen-bond acceptors (Lipinski definition) is 5. The molecule has 348 valence electrons. The van der Waals surface area contributed by atoms with Crippen LogP contribution in [-0.4, -0.2) is 21.1 Å². The molecule has 1 unspecified atom stereocenters. The molecule has 0 fully saturated rings. The van der Waals surface area contributed by atoms with Crippen LogP contribution in [0.1, 0.15) is 30.9 Å². The van der Waals surface area contributed by atoms with E-state index in [2.05, 4.69) is 242 Å². The van der Waals surface area contributed by atoms with Crippen LogP contribution >= 0.6 is 0 Å². The number of benzene rings is 10. The lowest BCUT2D eigenvalue weighted by molar-refractivity contribution is 0.728. The Morgan fingerprint density at radius 2 is 0.986 bits per heavy atom. The third kappa shape index (κ3) is 8.25. The Bertz CT molecular complexity index is 3880. The predicted octanol–water partition coefficient (Wildman–Crippen LogP) is 17.6. The zero-order chi connectivity index (χ0) is 48.7. The van der Waals surface area contributed by atoms with Gasteiger partial charge in [0, 0.05) is 22.4 Å². The van der Waals surface area contributed by atoms with E-state index in [1.54, 1.807) is 0 Å². The summed E-state index contributed by atoms with van der Waals surface area (Å²) in [6, 6.07) is 82.5. The first-order valence-corrected chi connectivity index (χ1v) is 25.4. The number of anilines is 3. The summed E-state index contributed by atoms with van der Waals surface area (Å²) in [4.78, 5) is 18.1. The van der Waals surface area contributed by atoms with Gasteiger partial charge in [-0.25, -0.2) is 15.0 Å². The number of nitrogens with one attached hydrogen (secondary N) is 1. The second-order valence-corrected chi connectivity index (χ2v) is 19.0. The summed E-state index contributed by atoms with van der Waals surface area (Å²) in [6.07, 6.45) is 7.84. The fourth-order valence-electron chi connectivity index (χ4n) is 11.0. The van der Waals surface area contributed by atoms with Gasteiger partial charge in [0.15, 0.2) is 17.5 Å². The molecule has 13 rings (SSSR count). The van der Waals surface area contributed by atoms with Gasteiger partial charge in [-0.3, -0.25) is 0 Å². The van der Waals surface area contributed by atoms with E-state index in [9.17, 15) is 0 Å². The second kappa shape index (κ2) is 18.9. The maximum Gasteiger partial charge on any atom is 0.164 e. The van der Waals surface area contributed by atoms with Crippen LogP contribution in [0, 0.1) is 0 Å². The minimum Gasteiger partial charge on any atom is -0.363 e. The molecule has 0 amide bonds. The molecule has 5 nitrogen and oxygen atoms in total. The maximum absolute atomic E-state index is 5.29. The molecule has 0 radical (unpaired) electrons. The molecule has 1 atom stereocenters. The van der Waals surface area contributed by atoms with Gasteiger partial charge in [-0.2, -0.15) is 0 Å². The molecule has 10 aromatic carbocycles. The Morgan fingerprint density at radius 3 is 1.77 bits per heavy atom. The van der Waals surface area contributed by atoms with Crippen LogP contribution < -0.4 is 10.2 Å². The third-order valence-corrected chi connectivity index (χ3v) is 14.6. The van der Waals surface area contributed by atoms with Gasteiger partial charge in [0.1, 0.15) is 6.17 Å². The molecule has 0 bridgehead atoms. The van der Waals surface area contributed by atoms with E-state index in [0.717, 1.165) is 69.0 Å². The first-order valence-electron chi connectivity index (χ1n) is 25.4. The molecule has 5 heteroatoms. The Balaban J connectivity index is 0.811. The highest BCUT2D eigenvalue weighted by atomic mass is 15.3. The fraction of sp³-hybridized carbons (Fsp3) is 0.0735. The first-order chi connectivity index (χ1) is 36.1. The topological polar surface area (TPSA) is 53.9 Å². The normalized spacial score (nSPS) is 13.7. The first kappa shape index (κ1) is 43.8. The highest BCUT2D eigenvalue weighted by Crippen LogP contribution is 2.45. The average Bonchev–Trinajstić information content (AvgIpc) is 3.85. The number of allylic oxidation sites excluding steroid dienone is 1. The van der Waals surface area contributed by atoms with Gasteiger partial charge in [0.2, 0.25) is 0 Å². The number of aromatic nitrogens is 3. The molecule has 1 aliphatic carbocycles. The van der Waals surface area contributed by atoms with Crippen LogP contribution in [0.5, 0.6) is 0 Å². The van der Waals surface area contributed by atoms with Crippen LogP contribution in [0.4, 0.5) is 17.1 Å². The average molecular weight is 938 g/mol. The molecule has 0 saturated heterocycles. The molecule has 2 aliphatic rings. The van der Waals surface area contributed by atoms with Crippen LogP contribution in [0.3, 0.4) is 0 Å². The van der Waals surface area contributed by atoms with E-state index in [4.69, 9.17) is 15.0 Å². The number of hydrogen-bond donors (Lipinski definition) is 1. The van der Waals surface area contributed by atoms with Crippen molar-refractivity contribution in [2.45, 2.75) is 32.4 Å². The smallest absolute Gasteiger partial charge is 0.164 e. The number of fused-ring (bicyclic) bond motifs is 3. The van der Waals surface area contributed by atoms with Crippen LogP contribution in [0.2, 0.25) is 0 Å². The molecule has 1 N–H and O–H groups in total. The van der Waals surface area contributed by atoms with E-state index >= 15 is 0 Å². The van der Waals surface area contributed by atoms with E-state index in [1.165, 1.54) is 61.6 Å². The molecule has 1 aliphatic heterocycles. The van der Waals surface area contributed by atoms with Gasteiger partial charge in [-0.05, 0) is 133 Å². The lowest BCUT2D eigenvalue weighted by atomic mass is 9.89. The van der Waals surface area contributed by atoms with E-state index in [0.29, 0.717) is 17.5 Å². The van der Waals surface area contributed by atoms with Crippen LogP contribution in [-0.2, 0) is 6.42 Å². The molecular formula is C68H51N5. The largest absolute Gasteiger partial charge is 0.363 e. The Kier molecular flexibility index (Phi) is 11.3. The monoisotopic (exact) mass is 937 g/mol. The standard InChI is InChI=1S/C68H51N5/c1-2-65-69-63-44-53(57-33-17-23-47-20-9-10-28-55(47)57)38-41-64(63)73(65)54-27-16-26-52(43-54)51-25-15-24-50(42-51)45-34-36-48(37-35-45)56-29-11-14-32-61(56)67-70-66(49-21-7-4-8-22-49)71-68(72-67)62-40-39-58(46-18-5-3-6-19-46)59-30-12-13-31-60(59)62/h3-9,11-27,29-44,65,69H,2,10,28H2,1H3. The third-order valence-electron chi connectivity index (χ3n) is 14.6. The zero-order valence-corrected chi connectivity index (χ0v) is 40.6. The van der Waals surface area contributed by atoms with Gasteiger partial charge in [-0.15, -0.1) is 0 Å². The predicted molar refractivity (Wildman–Crippen MR) is 304 cm³/mol. The van der Waals surface area contributed by atoms with Crippen molar-refractivity contribution in [3.8, 4) is 89.8 Å². The Hall–Kier alpha value is -9.19. The minimum absolute atomic E-state index is 0.152. The van der Waals surface area contributed by atoms with Crippen molar-refractivity contribution < 1.29 is 0 Å². The minimum atomic E-state index is 0.152. The number of rotatable bonds is 10. The van der Waals surface area contributed by atoms with Crippen molar-refractivity contribution in [3.05, 3.63) is 248 Å². The van der Waals surface area contributed by atoms with E-state index in [1.807, 2.05) is 18.2 Å².